The summed E-state index contributed by atoms with van der Waals surface area (Å²) in [5.74, 6) is 0.719. The molecule has 0 unspecified atom stereocenters. The summed E-state index contributed by atoms with van der Waals surface area (Å²) in [7, 11) is 0. The average Bonchev–Trinajstić information content (AvgIpc) is 3.51. The SMILES string of the molecule is O=C(CCN(Cc1ccco1)C(=O)Nc1ccc(Br)cc1)N1CCN(C(c2ccccc2)c2ccccc2)CC1. The summed E-state index contributed by atoms with van der Waals surface area (Å²) < 4.78 is 6.41. The van der Waals surface area contributed by atoms with Gasteiger partial charge in [0.2, 0.25) is 5.91 Å². The predicted molar refractivity (Wildman–Crippen MR) is 160 cm³/mol. The van der Waals surface area contributed by atoms with Crippen LogP contribution < -0.4 is 5.32 Å². The molecule has 1 N–H and O–H groups in total. The first-order chi connectivity index (χ1) is 19.6. The maximum atomic E-state index is 13.3. The summed E-state index contributed by atoms with van der Waals surface area (Å²) >= 11 is 3.41. The first kappa shape index (κ1) is 27.7. The molecule has 206 valence electrons. The van der Waals surface area contributed by atoms with E-state index in [-0.39, 0.29) is 30.9 Å². The molecule has 7 nitrogen and oxygen atoms in total. The Balaban J connectivity index is 1.20. The summed E-state index contributed by atoms with van der Waals surface area (Å²) in [6, 6.07) is 32.0. The van der Waals surface area contributed by atoms with Crippen LogP contribution in [-0.4, -0.2) is 59.4 Å². The maximum absolute atomic E-state index is 13.3. The van der Waals surface area contributed by atoms with Gasteiger partial charge in [0, 0.05) is 49.3 Å². The molecule has 0 atom stereocenters. The van der Waals surface area contributed by atoms with E-state index in [1.54, 1.807) is 17.2 Å². The molecule has 1 aromatic heterocycles. The molecule has 0 aliphatic carbocycles. The van der Waals surface area contributed by atoms with Gasteiger partial charge in [0.25, 0.3) is 0 Å². The van der Waals surface area contributed by atoms with Gasteiger partial charge in [-0.05, 0) is 47.5 Å². The van der Waals surface area contributed by atoms with Crippen molar-refractivity contribution in [2.24, 2.45) is 0 Å². The largest absolute Gasteiger partial charge is 0.467 e. The monoisotopic (exact) mass is 600 g/mol. The number of nitrogens with one attached hydrogen (secondary N) is 1. The molecule has 0 bridgehead atoms. The number of carbonyl (C=O) groups excluding carboxylic acids is 2. The third-order valence-electron chi connectivity index (χ3n) is 7.17. The van der Waals surface area contributed by atoms with Crippen molar-refractivity contribution in [2.45, 2.75) is 19.0 Å². The topological polar surface area (TPSA) is 69.0 Å². The number of nitrogens with zero attached hydrogens (tertiary/aromatic N) is 3. The second-order valence-electron chi connectivity index (χ2n) is 9.83. The molecule has 4 aromatic rings. The molecular weight excluding hydrogens is 568 g/mol. The van der Waals surface area contributed by atoms with E-state index >= 15 is 0 Å². The summed E-state index contributed by atoms with van der Waals surface area (Å²) in [5.41, 5.74) is 3.18. The minimum Gasteiger partial charge on any atom is -0.467 e. The number of hydrogen-bond donors (Lipinski definition) is 1. The number of benzene rings is 3. The van der Waals surface area contributed by atoms with Gasteiger partial charge in [-0.1, -0.05) is 76.6 Å². The van der Waals surface area contributed by atoms with Crippen molar-refractivity contribution in [2.75, 3.05) is 38.0 Å². The molecule has 0 spiro atoms. The lowest BCUT2D eigenvalue weighted by Crippen LogP contribution is -2.50. The second kappa shape index (κ2) is 13.5. The highest BCUT2D eigenvalue weighted by Gasteiger charge is 2.28. The van der Waals surface area contributed by atoms with Crippen LogP contribution in [0.15, 0.2) is 112 Å². The van der Waals surface area contributed by atoms with Crippen LogP contribution in [0.5, 0.6) is 0 Å². The van der Waals surface area contributed by atoms with E-state index in [1.165, 1.54) is 11.1 Å². The van der Waals surface area contributed by atoms with Crippen LogP contribution in [0.3, 0.4) is 0 Å². The average molecular weight is 602 g/mol. The fourth-order valence-electron chi connectivity index (χ4n) is 5.08. The van der Waals surface area contributed by atoms with Crippen molar-refractivity contribution < 1.29 is 14.0 Å². The number of carbonyl (C=O) groups is 2. The molecule has 2 heterocycles. The van der Waals surface area contributed by atoms with Crippen molar-refractivity contribution in [1.29, 1.82) is 0 Å². The van der Waals surface area contributed by atoms with E-state index in [0.717, 1.165) is 17.6 Å². The van der Waals surface area contributed by atoms with Gasteiger partial charge in [-0.15, -0.1) is 0 Å². The van der Waals surface area contributed by atoms with Crippen molar-refractivity contribution in [3.05, 3.63) is 125 Å². The molecule has 1 fully saturated rings. The highest BCUT2D eigenvalue weighted by molar-refractivity contribution is 9.10. The number of hydrogen-bond acceptors (Lipinski definition) is 4. The first-order valence-electron chi connectivity index (χ1n) is 13.5. The molecule has 3 amide bonds. The summed E-state index contributed by atoms with van der Waals surface area (Å²) in [5, 5.41) is 2.93. The number of halogens is 1. The lowest BCUT2D eigenvalue weighted by atomic mass is 9.96. The lowest BCUT2D eigenvalue weighted by molar-refractivity contribution is -0.133. The lowest BCUT2D eigenvalue weighted by Gasteiger charge is -2.40. The molecule has 40 heavy (non-hydrogen) atoms. The third kappa shape index (κ3) is 7.20. The number of rotatable bonds is 9. The van der Waals surface area contributed by atoms with E-state index in [1.807, 2.05) is 47.4 Å². The number of piperazine rings is 1. The highest BCUT2D eigenvalue weighted by Crippen LogP contribution is 2.29. The van der Waals surface area contributed by atoms with Crippen LogP contribution in [0, 0.1) is 0 Å². The molecule has 0 saturated carbocycles. The Bertz CT molecular complexity index is 1320. The van der Waals surface area contributed by atoms with E-state index in [0.29, 0.717) is 31.1 Å². The molecule has 1 aliphatic rings. The quantitative estimate of drug-likeness (QED) is 0.241. The molecule has 1 aliphatic heterocycles. The van der Waals surface area contributed by atoms with Crippen molar-refractivity contribution in [3.63, 3.8) is 0 Å². The Kier molecular flexibility index (Phi) is 9.31. The van der Waals surface area contributed by atoms with Crippen molar-refractivity contribution >= 4 is 33.6 Å². The van der Waals surface area contributed by atoms with Gasteiger partial charge < -0.3 is 19.5 Å². The third-order valence-corrected chi connectivity index (χ3v) is 7.70. The molecule has 3 aromatic carbocycles. The van der Waals surface area contributed by atoms with Crippen LogP contribution >= 0.6 is 15.9 Å². The Hall–Kier alpha value is -3.88. The smallest absolute Gasteiger partial charge is 0.322 e. The van der Waals surface area contributed by atoms with Gasteiger partial charge in [0.05, 0.1) is 18.8 Å². The Labute approximate surface area is 243 Å². The Morgan fingerprint density at radius 3 is 2.02 bits per heavy atom. The van der Waals surface area contributed by atoms with Gasteiger partial charge in [-0.3, -0.25) is 9.69 Å². The van der Waals surface area contributed by atoms with Crippen LogP contribution in [0.4, 0.5) is 10.5 Å². The standard InChI is InChI=1S/C32H33BrN4O3/c33-27-13-15-28(16-14-27)34-32(39)37(24-29-12-7-23-40-29)18-17-30(38)35-19-21-36(22-20-35)31(25-8-3-1-4-9-25)26-10-5-2-6-11-26/h1-16,23,31H,17-22,24H2,(H,34,39). The van der Waals surface area contributed by atoms with Crippen LogP contribution in [0.1, 0.15) is 29.3 Å². The van der Waals surface area contributed by atoms with E-state index in [4.69, 9.17) is 4.42 Å². The van der Waals surface area contributed by atoms with E-state index < -0.39 is 0 Å². The number of amides is 3. The fourth-order valence-corrected chi connectivity index (χ4v) is 5.35. The fraction of sp³-hybridized carbons (Fsp3) is 0.250. The Morgan fingerprint density at radius 2 is 1.45 bits per heavy atom. The molecule has 1 saturated heterocycles. The van der Waals surface area contributed by atoms with Gasteiger partial charge in [-0.2, -0.15) is 0 Å². The zero-order chi connectivity index (χ0) is 27.7. The van der Waals surface area contributed by atoms with Crippen LogP contribution in [0.25, 0.3) is 0 Å². The number of anilines is 1. The first-order valence-corrected chi connectivity index (χ1v) is 14.3. The second-order valence-corrected chi connectivity index (χ2v) is 10.7. The summed E-state index contributed by atoms with van der Waals surface area (Å²) in [4.78, 5) is 32.4. The predicted octanol–water partition coefficient (Wildman–Crippen LogP) is 6.40. The summed E-state index contributed by atoms with van der Waals surface area (Å²) in [6.45, 7) is 3.43. The van der Waals surface area contributed by atoms with E-state index in [2.05, 4.69) is 74.7 Å². The van der Waals surface area contributed by atoms with Gasteiger partial charge in [0.15, 0.2) is 0 Å². The minimum atomic E-state index is -0.273. The maximum Gasteiger partial charge on any atom is 0.322 e. The number of furan rings is 1. The Morgan fingerprint density at radius 1 is 0.825 bits per heavy atom. The number of urea groups is 1. The van der Waals surface area contributed by atoms with Gasteiger partial charge in [-0.25, -0.2) is 4.79 Å². The molecule has 8 heteroatoms. The molecule has 0 radical (unpaired) electrons. The highest BCUT2D eigenvalue weighted by atomic mass is 79.9. The molecular formula is C32H33BrN4O3. The van der Waals surface area contributed by atoms with Crippen molar-refractivity contribution in [3.8, 4) is 0 Å². The van der Waals surface area contributed by atoms with Gasteiger partial charge in [0.1, 0.15) is 5.76 Å². The zero-order valence-electron chi connectivity index (χ0n) is 22.3. The molecule has 5 rings (SSSR count). The van der Waals surface area contributed by atoms with Crippen LogP contribution in [-0.2, 0) is 11.3 Å². The minimum absolute atomic E-state index is 0.0523. The summed E-state index contributed by atoms with van der Waals surface area (Å²) in [6.07, 6.45) is 1.83. The van der Waals surface area contributed by atoms with Gasteiger partial charge >= 0.3 is 6.03 Å². The van der Waals surface area contributed by atoms with E-state index in [9.17, 15) is 9.59 Å². The van der Waals surface area contributed by atoms with Crippen molar-refractivity contribution in [1.82, 2.24) is 14.7 Å². The normalized spacial score (nSPS) is 13.8. The van der Waals surface area contributed by atoms with Crippen LogP contribution in [0.2, 0.25) is 0 Å². The zero-order valence-corrected chi connectivity index (χ0v) is 23.9.